The Balaban J connectivity index is 0.000000118. The molecular weight excluding hydrogens is 1810 g/mol. The molecule has 4 aliphatic rings. The van der Waals surface area contributed by atoms with Crippen molar-refractivity contribution >= 4 is 97.4 Å². The number of fused-ring (bicyclic) bond motifs is 5. The number of para-hydroxylation sites is 1. The van der Waals surface area contributed by atoms with E-state index in [-0.39, 0.29) is 45.8 Å². The Morgan fingerprint density at radius 3 is 1.32 bits per heavy atom. The van der Waals surface area contributed by atoms with Crippen LogP contribution < -0.4 is 63.5 Å². The number of methoxy groups -OCH3 is 1. The highest BCUT2D eigenvalue weighted by molar-refractivity contribution is 6.00. The molecule has 1 saturated heterocycles. The van der Waals surface area contributed by atoms with Gasteiger partial charge >= 0.3 is 0 Å². The fraction of sp³-hybridized carbons (Fsp3) is 0.188. The van der Waals surface area contributed by atoms with Gasteiger partial charge in [0.25, 0.3) is 23.6 Å². The lowest BCUT2D eigenvalue weighted by molar-refractivity contribution is 0.0711. The number of aromatic nitrogens is 11. The van der Waals surface area contributed by atoms with Gasteiger partial charge in [0, 0.05) is 194 Å². The van der Waals surface area contributed by atoms with Crippen molar-refractivity contribution in [3.63, 3.8) is 0 Å². The molecular formula is C117H110N20O8. The van der Waals surface area contributed by atoms with E-state index in [1.165, 1.54) is 24.0 Å². The number of rotatable bonds is 23. The minimum Gasteiger partial charge on any atom is -0.496 e. The van der Waals surface area contributed by atoms with Gasteiger partial charge in [-0.15, -0.1) is 0 Å². The largest absolute Gasteiger partial charge is 0.496 e. The Bertz CT molecular complexity index is 8140. The van der Waals surface area contributed by atoms with Crippen molar-refractivity contribution in [1.29, 1.82) is 0 Å². The van der Waals surface area contributed by atoms with Crippen LogP contribution in [-0.4, -0.2) is 115 Å². The Labute approximate surface area is 836 Å². The molecule has 726 valence electrons. The summed E-state index contributed by atoms with van der Waals surface area (Å²) in [4.78, 5) is 116. The number of benzene rings is 8. The topological polar surface area (TPSA) is 336 Å². The first-order chi connectivity index (χ1) is 70.7. The molecule has 10 N–H and O–H groups in total. The minimum atomic E-state index is -0.243. The van der Waals surface area contributed by atoms with Gasteiger partial charge in [-0.1, -0.05) is 99.6 Å². The van der Waals surface area contributed by atoms with Crippen LogP contribution in [0.2, 0.25) is 0 Å². The van der Waals surface area contributed by atoms with Crippen LogP contribution in [0.25, 0.3) is 67.6 Å². The summed E-state index contributed by atoms with van der Waals surface area (Å²) in [5.41, 5.74) is 26.2. The van der Waals surface area contributed by atoms with E-state index in [0.29, 0.717) is 41.6 Å². The molecule has 8 aromatic carbocycles. The van der Waals surface area contributed by atoms with Gasteiger partial charge in [0.15, 0.2) is 22.6 Å². The number of ether oxygens (including phenoxy) is 1. The van der Waals surface area contributed by atoms with Crippen LogP contribution in [0.5, 0.6) is 5.75 Å². The number of nitrogens with zero attached hydrogens (tertiary/aromatic N) is 10. The van der Waals surface area contributed by atoms with E-state index in [2.05, 4.69) is 141 Å². The van der Waals surface area contributed by atoms with Crippen molar-refractivity contribution in [2.24, 2.45) is 17.8 Å². The third-order valence-electron chi connectivity index (χ3n) is 28.1. The number of pyridine rings is 7. The third kappa shape index (κ3) is 21.0. The maximum Gasteiger partial charge on any atom is 0.253 e. The molecule has 23 rings (SSSR count). The predicted octanol–water partition coefficient (Wildman–Crippen LogP) is 21.5. The van der Waals surface area contributed by atoms with Gasteiger partial charge in [0.05, 0.1) is 58.2 Å². The SMILES string of the molecule is CC1CC(C)C(c2ccc(Nc3ccc(-c4cc[nH]c(=O)c4)n4ccnc34)cc2)CC1C.CN(C)c1ccc(CNC(=O)c2ccc(Nc3ccc(-c4ccc5c(c4)CNC5=O)n4ccnc34)cc2)cc1.COc1ccccc1C1CCN(C(=O)c2ccc(Nc3ccc(-c4cc[nH]c(=O)c4)n4ccnc34)cc2)CC1.O=C(NC1(c2ccccc2)CC1)c1ccc(Nc2ccc(-c3cc[nH]c(=O)c3)n3ccnc23)cc1. The Morgan fingerprint density at radius 2 is 0.869 bits per heavy atom. The van der Waals surface area contributed by atoms with Crippen molar-refractivity contribution in [1.82, 2.24) is 73.3 Å². The fourth-order valence-electron chi connectivity index (χ4n) is 19.9. The van der Waals surface area contributed by atoms with E-state index in [4.69, 9.17) is 4.74 Å². The molecule has 2 aliphatic carbocycles. The van der Waals surface area contributed by atoms with Crippen LogP contribution in [-0.2, 0) is 18.6 Å². The van der Waals surface area contributed by atoms with Crippen LogP contribution in [0.1, 0.15) is 140 Å². The first-order valence-electron chi connectivity index (χ1n) is 48.8. The number of hydrogen-bond donors (Lipinski definition) is 10. The molecule has 4 unspecified atom stereocenters. The minimum absolute atomic E-state index is 0.0257. The van der Waals surface area contributed by atoms with Crippen molar-refractivity contribution in [2.45, 2.75) is 89.8 Å². The van der Waals surface area contributed by atoms with Crippen LogP contribution in [0.4, 0.5) is 51.2 Å². The number of amides is 4. The predicted molar refractivity (Wildman–Crippen MR) is 572 cm³/mol. The summed E-state index contributed by atoms with van der Waals surface area (Å²) in [5, 5.41) is 22.8. The van der Waals surface area contributed by atoms with Crippen LogP contribution in [0.3, 0.4) is 0 Å². The molecule has 28 nitrogen and oxygen atoms in total. The van der Waals surface area contributed by atoms with E-state index in [1.807, 2.05) is 279 Å². The highest BCUT2D eigenvalue weighted by Crippen LogP contribution is 2.47. The highest BCUT2D eigenvalue weighted by atomic mass is 16.5. The Morgan fingerprint density at radius 1 is 0.441 bits per heavy atom. The second-order valence-corrected chi connectivity index (χ2v) is 37.7. The average Bonchev–Trinajstić information content (AvgIpc) is 1.61. The van der Waals surface area contributed by atoms with Gasteiger partial charge < -0.3 is 66.7 Å². The fourth-order valence-corrected chi connectivity index (χ4v) is 19.9. The summed E-state index contributed by atoms with van der Waals surface area (Å²) in [6.07, 6.45) is 25.9. The van der Waals surface area contributed by atoms with Crippen molar-refractivity contribution < 1.29 is 23.9 Å². The van der Waals surface area contributed by atoms with Gasteiger partial charge in [-0.05, 0) is 283 Å². The molecule has 0 bridgehead atoms. The summed E-state index contributed by atoms with van der Waals surface area (Å²) in [7, 11) is 5.71. The van der Waals surface area contributed by atoms with Crippen LogP contribution >= 0.6 is 0 Å². The summed E-state index contributed by atoms with van der Waals surface area (Å²) in [6, 6.07) is 89.8. The van der Waals surface area contributed by atoms with E-state index in [9.17, 15) is 33.6 Å². The Hall–Kier alpha value is -18.0. The standard InChI is InChI=1S/C31H28N6O2.C31H29N5O3.C28H23N5O2.C27H30N4O/c1-36(2)25-10-3-20(4-11-25)18-33-30(38)21-5-8-24(9-6-21)35-27-13-14-28(37-16-15-32-29(27)37)22-7-12-26-23(17-22)19-34-31(26)39;1-39-28-5-3-2-4-25(28)21-13-17-35(18-14-21)31(38)22-6-8-24(9-7-22)34-26-10-11-27(36-19-16-33-30(26)36)23-12-15-32-29(37)20-23;34-25-18-20(12-15-29-25)24-11-10-23(26-30-16-17-33(24)26)31-22-8-6-19(7-9-22)27(35)32-28(13-14-28)21-4-2-1-3-5-21;1-17-14-19(3)23(15-18(17)2)20-4-6-22(7-5-20)30-24-8-9-25(31-13-12-29-27(24)31)21-10-11-28-26(32)16-21/h3-17,35H,18-19H2,1-2H3,(H,33,38)(H,34,39);2-12,15-16,19-21,34H,13-14,17-18H2,1H3,(H,32,37);1-12,15-18,31H,13-14H2,(H,29,34)(H,32,35);4-13,16-19,23,30H,14-15H2,1-3H3,(H,28,32). The second kappa shape index (κ2) is 41.8. The van der Waals surface area contributed by atoms with Gasteiger partial charge in [-0.3, -0.25) is 51.2 Å². The number of aromatic amines is 3. The monoisotopic (exact) mass is 1920 g/mol. The third-order valence-corrected chi connectivity index (χ3v) is 28.1. The number of H-pyrrole nitrogens is 3. The number of carbonyl (C=O) groups is 4. The van der Waals surface area contributed by atoms with Crippen LogP contribution in [0, 0.1) is 17.8 Å². The zero-order valence-electron chi connectivity index (χ0n) is 81.1. The summed E-state index contributed by atoms with van der Waals surface area (Å²) in [5.74, 6) is 4.11. The first-order valence-corrected chi connectivity index (χ1v) is 48.8. The lowest BCUT2D eigenvalue weighted by Crippen LogP contribution is -2.37. The normalized spacial score (nSPS) is 15.5. The number of likely N-dealkylation sites (tertiary alicyclic amines) is 1. The molecule has 145 heavy (non-hydrogen) atoms. The van der Waals surface area contributed by atoms with Crippen molar-refractivity contribution in [2.75, 3.05) is 60.5 Å². The number of hydrogen-bond acceptors (Lipinski definition) is 17. The lowest BCUT2D eigenvalue weighted by atomic mass is 9.68. The smallest absolute Gasteiger partial charge is 0.253 e. The zero-order valence-corrected chi connectivity index (χ0v) is 81.1. The second-order valence-electron chi connectivity index (χ2n) is 37.7. The molecule has 13 heterocycles. The van der Waals surface area contributed by atoms with Gasteiger partial charge in [0.2, 0.25) is 16.7 Å². The van der Waals surface area contributed by atoms with Gasteiger partial charge in [-0.2, -0.15) is 0 Å². The first kappa shape index (κ1) is 94.6. The molecule has 4 atom stereocenters. The molecule has 4 amide bonds. The maximum atomic E-state index is 13.2. The average molecular weight is 1920 g/mol. The van der Waals surface area contributed by atoms with Gasteiger partial charge in [0.1, 0.15) is 5.75 Å². The molecule has 2 saturated carbocycles. The lowest BCUT2D eigenvalue weighted by Gasteiger charge is -2.37. The molecule has 3 fully saturated rings. The van der Waals surface area contributed by atoms with Crippen molar-refractivity contribution in [3.8, 4) is 50.8 Å². The number of nitrogens with one attached hydrogen (secondary N) is 10. The van der Waals surface area contributed by atoms with Crippen molar-refractivity contribution in [3.05, 3.63) is 428 Å². The molecule has 0 spiro atoms. The molecule has 0 radical (unpaired) electrons. The number of piperidine rings is 1. The van der Waals surface area contributed by atoms with Crippen LogP contribution in [0.15, 0.2) is 362 Å². The van der Waals surface area contributed by atoms with Gasteiger partial charge in [-0.25, -0.2) is 19.9 Å². The summed E-state index contributed by atoms with van der Waals surface area (Å²) >= 11 is 0. The number of anilines is 9. The van der Waals surface area contributed by atoms with E-state index in [1.54, 1.807) is 68.7 Å². The number of carbonyl (C=O) groups excluding carboxylic acids is 4. The summed E-state index contributed by atoms with van der Waals surface area (Å²) < 4.78 is 13.5. The highest BCUT2D eigenvalue weighted by Gasteiger charge is 2.46. The Kier molecular flexibility index (Phi) is 27.3. The quantitative estimate of drug-likeness (QED) is 0.0284. The zero-order chi connectivity index (χ0) is 99.8. The summed E-state index contributed by atoms with van der Waals surface area (Å²) in [6.45, 7) is 9.64. The van der Waals surface area contributed by atoms with E-state index >= 15 is 0 Å². The maximum absolute atomic E-state index is 13.2. The molecule has 2 aliphatic heterocycles. The van der Waals surface area contributed by atoms with E-state index in [0.717, 1.165) is 203 Å². The molecule has 19 aromatic rings. The molecule has 11 aromatic heterocycles. The number of imidazole rings is 4. The molecule has 28 heteroatoms. The van der Waals surface area contributed by atoms with E-state index < -0.39 is 0 Å².